The van der Waals surface area contributed by atoms with Crippen LogP contribution in [0.15, 0.2) is 48.5 Å². The lowest BCUT2D eigenvalue weighted by atomic mass is 9.58. The topological polar surface area (TPSA) is 7.68 Å². The van der Waals surface area contributed by atoms with Gasteiger partial charge in [-0.1, -0.05) is 88.0 Å². The number of likely N-dealkylation sites (N-methyl/N-ethyl adjacent to an activating group) is 2. The van der Waals surface area contributed by atoms with Crippen LogP contribution in [0, 0.1) is 11.8 Å². The first-order chi connectivity index (χ1) is 17.9. The average molecular weight is 561 g/mol. The average Bonchev–Trinajstić information content (AvgIpc) is 2.78. The summed E-state index contributed by atoms with van der Waals surface area (Å²) in [5.41, 5.74) is 3.70. The number of benzene rings is 2. The predicted octanol–water partition coefficient (Wildman–Crippen LogP) is 8.06. The van der Waals surface area contributed by atoms with E-state index in [-0.39, 0.29) is 0 Å². The highest BCUT2D eigenvalue weighted by Gasteiger charge is 2.49. The number of quaternary nitrogens is 1. The Bertz CT molecular complexity index is 889. The highest BCUT2D eigenvalue weighted by molar-refractivity contribution is 6.30. The molecule has 2 atom stereocenters. The van der Waals surface area contributed by atoms with Gasteiger partial charge in [0.2, 0.25) is 0 Å². The van der Waals surface area contributed by atoms with Crippen molar-refractivity contribution in [3.63, 3.8) is 0 Å². The minimum atomic E-state index is 0.346. The van der Waals surface area contributed by atoms with E-state index in [0.29, 0.717) is 22.9 Å². The van der Waals surface area contributed by atoms with Crippen LogP contribution in [0.4, 0.5) is 0 Å². The number of halogens is 2. The zero-order valence-corrected chi connectivity index (χ0v) is 26.8. The standard InChI is InChI=1S/2C17H26ClN/c2*1-13(2)12-16(19(3)4)17(10-5-11-17)14-6-8-15(18)9-7-14/h2*6-9,13,16H,5,10-12H2,1-4H3/p+1. The van der Waals surface area contributed by atoms with E-state index in [2.05, 4.69) is 85.1 Å². The van der Waals surface area contributed by atoms with Crippen molar-refractivity contribution in [3.8, 4) is 0 Å². The van der Waals surface area contributed by atoms with Crippen molar-refractivity contribution in [2.45, 2.75) is 102 Å². The van der Waals surface area contributed by atoms with E-state index in [1.54, 1.807) is 4.90 Å². The minimum absolute atomic E-state index is 0.346. The molecule has 4 rings (SSSR count). The van der Waals surface area contributed by atoms with Gasteiger partial charge < -0.3 is 9.80 Å². The molecule has 0 bridgehead atoms. The Balaban J connectivity index is 0.000000211. The normalized spacial score (nSPS) is 19.5. The molecule has 1 N–H and O–H groups in total. The van der Waals surface area contributed by atoms with Crippen LogP contribution < -0.4 is 4.90 Å². The highest BCUT2D eigenvalue weighted by atomic mass is 35.5. The summed E-state index contributed by atoms with van der Waals surface area (Å²) < 4.78 is 0. The van der Waals surface area contributed by atoms with Gasteiger partial charge in [-0.25, -0.2) is 0 Å². The third-order valence-electron chi connectivity index (χ3n) is 9.36. The zero-order chi connectivity index (χ0) is 28.1. The summed E-state index contributed by atoms with van der Waals surface area (Å²) in [7, 11) is 9.07. The summed E-state index contributed by atoms with van der Waals surface area (Å²) >= 11 is 12.1. The van der Waals surface area contributed by atoms with E-state index < -0.39 is 0 Å². The molecule has 2 aromatic carbocycles. The summed E-state index contributed by atoms with van der Waals surface area (Å²) in [6.07, 6.45) is 10.6. The molecule has 2 aromatic rings. The maximum absolute atomic E-state index is 6.04. The minimum Gasteiger partial charge on any atom is -0.337 e. The zero-order valence-electron chi connectivity index (χ0n) is 25.3. The number of hydrogen-bond acceptors (Lipinski definition) is 1. The fraction of sp³-hybridized carbons (Fsp3) is 0.647. The van der Waals surface area contributed by atoms with Crippen molar-refractivity contribution in [3.05, 3.63) is 69.7 Å². The fourth-order valence-corrected chi connectivity index (χ4v) is 7.45. The van der Waals surface area contributed by atoms with Crippen LogP contribution in [0.5, 0.6) is 0 Å². The van der Waals surface area contributed by atoms with Gasteiger partial charge in [0.25, 0.3) is 0 Å². The molecule has 0 aromatic heterocycles. The fourth-order valence-electron chi connectivity index (χ4n) is 7.19. The summed E-state index contributed by atoms with van der Waals surface area (Å²) in [4.78, 5) is 4.01. The first kappa shape index (κ1) is 31.5. The van der Waals surface area contributed by atoms with Gasteiger partial charge in [0.1, 0.15) is 0 Å². The summed E-state index contributed by atoms with van der Waals surface area (Å²) in [5.74, 6) is 1.49. The molecule has 2 aliphatic carbocycles. The van der Waals surface area contributed by atoms with E-state index in [0.717, 1.165) is 21.9 Å². The van der Waals surface area contributed by atoms with Crippen LogP contribution in [0.25, 0.3) is 0 Å². The third-order valence-corrected chi connectivity index (χ3v) is 9.86. The van der Waals surface area contributed by atoms with Gasteiger partial charge in [-0.15, -0.1) is 0 Å². The first-order valence-electron chi connectivity index (χ1n) is 14.9. The van der Waals surface area contributed by atoms with Crippen molar-refractivity contribution < 1.29 is 4.90 Å². The number of rotatable bonds is 10. The van der Waals surface area contributed by atoms with E-state index in [1.165, 1.54) is 62.5 Å². The van der Waals surface area contributed by atoms with Crippen molar-refractivity contribution >= 4 is 23.2 Å². The van der Waals surface area contributed by atoms with Crippen molar-refractivity contribution in [2.75, 3.05) is 28.2 Å². The summed E-state index contributed by atoms with van der Waals surface area (Å²) in [6, 6.07) is 18.5. The molecule has 38 heavy (non-hydrogen) atoms. The summed E-state index contributed by atoms with van der Waals surface area (Å²) in [5, 5.41) is 1.68. The Labute approximate surface area is 244 Å². The maximum Gasteiger partial charge on any atom is 0.0970 e. The second-order valence-electron chi connectivity index (χ2n) is 13.4. The Morgan fingerprint density at radius 1 is 0.684 bits per heavy atom. The van der Waals surface area contributed by atoms with Crippen molar-refractivity contribution in [1.82, 2.24) is 4.90 Å². The molecule has 0 spiro atoms. The van der Waals surface area contributed by atoms with E-state index in [4.69, 9.17) is 23.2 Å². The molecule has 0 radical (unpaired) electrons. The van der Waals surface area contributed by atoms with E-state index >= 15 is 0 Å². The monoisotopic (exact) mass is 559 g/mol. The molecule has 2 saturated carbocycles. The van der Waals surface area contributed by atoms with Crippen LogP contribution in [-0.2, 0) is 10.8 Å². The molecule has 0 heterocycles. The number of hydrogen-bond donors (Lipinski definition) is 1. The second kappa shape index (κ2) is 13.5. The van der Waals surface area contributed by atoms with Crippen LogP contribution in [-0.4, -0.2) is 45.2 Å². The van der Waals surface area contributed by atoms with Crippen LogP contribution in [0.2, 0.25) is 10.0 Å². The van der Waals surface area contributed by atoms with E-state index in [1.807, 2.05) is 24.3 Å². The lowest BCUT2D eigenvalue weighted by Crippen LogP contribution is -3.12. The molecular formula is C34H53Cl2N2+. The van der Waals surface area contributed by atoms with Gasteiger partial charge in [-0.05, 0) is 93.4 Å². The smallest absolute Gasteiger partial charge is 0.0970 e. The van der Waals surface area contributed by atoms with Crippen molar-refractivity contribution in [2.24, 2.45) is 11.8 Å². The number of nitrogens with one attached hydrogen (secondary N) is 1. The van der Waals surface area contributed by atoms with Gasteiger partial charge in [-0.2, -0.15) is 0 Å². The Morgan fingerprint density at radius 2 is 1.08 bits per heavy atom. The molecule has 2 unspecified atom stereocenters. The molecular weight excluding hydrogens is 507 g/mol. The van der Waals surface area contributed by atoms with Gasteiger partial charge in [0.15, 0.2) is 0 Å². The SMILES string of the molecule is CC(C)CC(N(C)C)C1(c2ccc(Cl)cc2)CCC1.CC(C)CC([NH+](C)C)C1(c2ccc(Cl)cc2)CCC1. The molecule has 2 aliphatic rings. The lowest BCUT2D eigenvalue weighted by molar-refractivity contribution is -0.893. The molecule has 0 aliphatic heterocycles. The van der Waals surface area contributed by atoms with Gasteiger partial charge in [-0.3, -0.25) is 0 Å². The molecule has 2 nitrogen and oxygen atoms in total. The molecule has 0 saturated heterocycles. The highest BCUT2D eigenvalue weighted by Crippen LogP contribution is 2.50. The molecule has 212 valence electrons. The van der Waals surface area contributed by atoms with Gasteiger partial charge >= 0.3 is 0 Å². The van der Waals surface area contributed by atoms with Crippen LogP contribution in [0.1, 0.15) is 90.2 Å². The largest absolute Gasteiger partial charge is 0.337 e. The predicted molar refractivity (Wildman–Crippen MR) is 167 cm³/mol. The molecule has 4 heteroatoms. The maximum atomic E-state index is 6.04. The Hall–Kier alpha value is -1.06. The Kier molecular flexibility index (Phi) is 11.2. The number of nitrogens with zero attached hydrogens (tertiary/aromatic N) is 1. The van der Waals surface area contributed by atoms with Crippen molar-refractivity contribution in [1.29, 1.82) is 0 Å². The van der Waals surface area contributed by atoms with Gasteiger partial charge in [0, 0.05) is 33.3 Å². The summed E-state index contributed by atoms with van der Waals surface area (Å²) in [6.45, 7) is 9.32. The quantitative estimate of drug-likeness (QED) is 0.309. The second-order valence-corrected chi connectivity index (χ2v) is 14.3. The molecule has 2 fully saturated rings. The molecule has 0 amide bonds. The third kappa shape index (κ3) is 7.17. The Morgan fingerprint density at radius 3 is 1.37 bits per heavy atom. The lowest BCUT2D eigenvalue weighted by Gasteiger charge is -2.51. The first-order valence-corrected chi connectivity index (χ1v) is 15.7. The van der Waals surface area contributed by atoms with Crippen LogP contribution in [0.3, 0.4) is 0 Å². The van der Waals surface area contributed by atoms with Crippen LogP contribution >= 0.6 is 23.2 Å². The van der Waals surface area contributed by atoms with E-state index in [9.17, 15) is 0 Å². The van der Waals surface area contributed by atoms with Gasteiger partial charge in [0.05, 0.1) is 20.1 Å².